The van der Waals surface area contributed by atoms with Crippen molar-refractivity contribution in [3.05, 3.63) is 45.9 Å². The second-order valence-electron chi connectivity index (χ2n) is 4.09. The minimum absolute atomic E-state index is 0.267. The highest BCUT2D eigenvalue weighted by atomic mass is 32.1. The van der Waals surface area contributed by atoms with Crippen molar-refractivity contribution in [1.29, 1.82) is 0 Å². The molecule has 0 saturated heterocycles. The van der Waals surface area contributed by atoms with Crippen LogP contribution in [0.4, 0.5) is 0 Å². The van der Waals surface area contributed by atoms with Crippen molar-refractivity contribution in [3.8, 4) is 0 Å². The molecule has 18 heavy (non-hydrogen) atoms. The van der Waals surface area contributed by atoms with Crippen molar-refractivity contribution in [2.45, 2.75) is 19.5 Å². The van der Waals surface area contributed by atoms with Gasteiger partial charge in [0.05, 0.1) is 21.4 Å². The van der Waals surface area contributed by atoms with Crippen LogP contribution >= 0.6 is 22.7 Å². The fourth-order valence-corrected chi connectivity index (χ4v) is 3.34. The molecule has 5 heteroatoms. The average Bonchev–Trinajstić information content (AvgIpc) is 3.04. The van der Waals surface area contributed by atoms with Gasteiger partial charge in [0.25, 0.3) is 0 Å². The molecule has 1 unspecified atom stereocenters. The maximum atomic E-state index is 4.60. The van der Waals surface area contributed by atoms with Gasteiger partial charge in [-0.25, -0.2) is 9.97 Å². The quantitative estimate of drug-likeness (QED) is 0.790. The fourth-order valence-electron chi connectivity index (χ4n) is 1.78. The Labute approximate surface area is 114 Å². The smallest absolute Gasteiger partial charge is 0.108 e. The number of aromatic nitrogens is 2. The molecule has 0 aliphatic heterocycles. The first-order valence-electron chi connectivity index (χ1n) is 5.79. The molecule has 0 amide bonds. The van der Waals surface area contributed by atoms with E-state index in [2.05, 4.69) is 45.8 Å². The summed E-state index contributed by atoms with van der Waals surface area (Å²) in [6.45, 7) is 2.92. The molecule has 0 aliphatic carbocycles. The summed E-state index contributed by atoms with van der Waals surface area (Å²) < 4.78 is 1.25. The zero-order valence-corrected chi connectivity index (χ0v) is 11.6. The predicted octanol–water partition coefficient (Wildman–Crippen LogP) is 3.60. The molecule has 92 valence electrons. The van der Waals surface area contributed by atoms with Gasteiger partial charge in [0.2, 0.25) is 0 Å². The molecule has 0 spiro atoms. The first-order valence-corrected chi connectivity index (χ1v) is 7.55. The zero-order valence-electron chi connectivity index (χ0n) is 9.96. The van der Waals surface area contributed by atoms with Gasteiger partial charge < -0.3 is 5.32 Å². The molecule has 3 aromatic rings. The standard InChI is InChI=1S/C13H13N3S2/c1-9(11-7-17-8-15-11)14-6-13-16-10-4-2-3-5-12(10)18-13/h2-5,7-9,14H,6H2,1H3. The van der Waals surface area contributed by atoms with E-state index in [1.165, 1.54) is 4.70 Å². The van der Waals surface area contributed by atoms with Crippen molar-refractivity contribution in [2.24, 2.45) is 0 Å². The maximum Gasteiger partial charge on any atom is 0.108 e. The third-order valence-electron chi connectivity index (χ3n) is 2.79. The van der Waals surface area contributed by atoms with Crippen LogP contribution in [-0.2, 0) is 6.54 Å². The average molecular weight is 275 g/mol. The van der Waals surface area contributed by atoms with Crippen LogP contribution in [0.3, 0.4) is 0 Å². The second-order valence-corrected chi connectivity index (χ2v) is 5.93. The number of nitrogens with one attached hydrogen (secondary N) is 1. The summed E-state index contributed by atoms with van der Waals surface area (Å²) in [5, 5.41) is 6.66. The molecule has 0 bridgehead atoms. The third kappa shape index (κ3) is 2.43. The lowest BCUT2D eigenvalue weighted by molar-refractivity contribution is 0.563. The highest BCUT2D eigenvalue weighted by molar-refractivity contribution is 7.18. The minimum Gasteiger partial charge on any atom is -0.302 e. The molecule has 0 saturated carbocycles. The molecular weight excluding hydrogens is 262 g/mol. The lowest BCUT2D eigenvalue weighted by atomic mass is 10.2. The molecule has 2 heterocycles. The number of hydrogen-bond donors (Lipinski definition) is 1. The Bertz CT molecular complexity index is 598. The number of benzene rings is 1. The zero-order chi connectivity index (χ0) is 12.4. The highest BCUT2D eigenvalue weighted by Crippen LogP contribution is 2.22. The lowest BCUT2D eigenvalue weighted by Gasteiger charge is -2.09. The lowest BCUT2D eigenvalue weighted by Crippen LogP contribution is -2.18. The van der Waals surface area contributed by atoms with Crippen molar-refractivity contribution in [1.82, 2.24) is 15.3 Å². The van der Waals surface area contributed by atoms with Gasteiger partial charge in [-0.3, -0.25) is 0 Å². The van der Waals surface area contributed by atoms with Crippen LogP contribution in [0.2, 0.25) is 0 Å². The van der Waals surface area contributed by atoms with E-state index < -0.39 is 0 Å². The van der Waals surface area contributed by atoms with E-state index in [-0.39, 0.29) is 6.04 Å². The van der Waals surface area contributed by atoms with Crippen LogP contribution in [-0.4, -0.2) is 9.97 Å². The summed E-state index contributed by atoms with van der Waals surface area (Å²) >= 11 is 3.37. The van der Waals surface area contributed by atoms with Crippen molar-refractivity contribution in [3.63, 3.8) is 0 Å². The summed E-state index contributed by atoms with van der Waals surface area (Å²) in [7, 11) is 0. The summed E-state index contributed by atoms with van der Waals surface area (Å²) in [5.74, 6) is 0. The Hall–Kier alpha value is -1.30. The van der Waals surface area contributed by atoms with E-state index in [0.29, 0.717) is 0 Å². The van der Waals surface area contributed by atoms with Gasteiger partial charge in [-0.05, 0) is 19.1 Å². The molecule has 1 N–H and O–H groups in total. The fraction of sp³-hybridized carbons (Fsp3) is 0.231. The number of para-hydroxylation sites is 1. The molecule has 2 aromatic heterocycles. The topological polar surface area (TPSA) is 37.8 Å². The van der Waals surface area contributed by atoms with Crippen LogP contribution in [0.5, 0.6) is 0 Å². The molecule has 0 radical (unpaired) electrons. The van der Waals surface area contributed by atoms with Crippen LogP contribution < -0.4 is 5.32 Å². The van der Waals surface area contributed by atoms with E-state index in [9.17, 15) is 0 Å². The molecule has 3 rings (SSSR count). The number of thiazole rings is 2. The molecule has 3 nitrogen and oxygen atoms in total. The largest absolute Gasteiger partial charge is 0.302 e. The summed E-state index contributed by atoms with van der Waals surface area (Å²) in [4.78, 5) is 8.91. The monoisotopic (exact) mass is 275 g/mol. The Morgan fingerprint density at radius 1 is 1.33 bits per heavy atom. The number of rotatable bonds is 4. The van der Waals surface area contributed by atoms with Crippen LogP contribution in [0.1, 0.15) is 23.7 Å². The number of fused-ring (bicyclic) bond motifs is 1. The number of nitrogens with zero attached hydrogens (tertiary/aromatic N) is 2. The van der Waals surface area contributed by atoms with Gasteiger partial charge in [-0.1, -0.05) is 12.1 Å². The molecule has 0 fully saturated rings. The first kappa shape index (κ1) is 11.8. The summed E-state index contributed by atoms with van der Waals surface area (Å²) in [6.07, 6.45) is 0. The van der Waals surface area contributed by atoms with Gasteiger partial charge in [0.15, 0.2) is 0 Å². The second kappa shape index (κ2) is 5.14. The summed E-state index contributed by atoms with van der Waals surface area (Å²) in [6, 6.07) is 8.51. The summed E-state index contributed by atoms with van der Waals surface area (Å²) in [5.41, 5.74) is 4.05. The van der Waals surface area contributed by atoms with Crippen LogP contribution in [0.15, 0.2) is 35.2 Å². The van der Waals surface area contributed by atoms with Crippen molar-refractivity contribution < 1.29 is 0 Å². The molecular formula is C13H13N3S2. The first-order chi connectivity index (χ1) is 8.83. The van der Waals surface area contributed by atoms with Gasteiger partial charge in [-0.2, -0.15) is 0 Å². The van der Waals surface area contributed by atoms with Crippen molar-refractivity contribution in [2.75, 3.05) is 0 Å². The normalized spacial score (nSPS) is 12.9. The van der Waals surface area contributed by atoms with E-state index in [1.54, 1.807) is 22.7 Å². The van der Waals surface area contributed by atoms with Crippen LogP contribution in [0.25, 0.3) is 10.2 Å². The number of hydrogen-bond acceptors (Lipinski definition) is 5. The van der Waals surface area contributed by atoms with E-state index in [4.69, 9.17) is 0 Å². The van der Waals surface area contributed by atoms with Gasteiger partial charge >= 0.3 is 0 Å². The molecule has 0 aliphatic rings. The Morgan fingerprint density at radius 2 is 2.22 bits per heavy atom. The SMILES string of the molecule is CC(NCc1nc2ccccc2s1)c1cscn1. The van der Waals surface area contributed by atoms with Crippen LogP contribution in [0, 0.1) is 0 Å². The molecule has 1 aromatic carbocycles. The van der Waals surface area contributed by atoms with Crippen molar-refractivity contribution >= 4 is 32.9 Å². The maximum absolute atomic E-state index is 4.60. The third-order valence-corrected chi connectivity index (χ3v) is 4.43. The van der Waals surface area contributed by atoms with Gasteiger partial charge in [-0.15, -0.1) is 22.7 Å². The Balaban J connectivity index is 1.69. The molecule has 1 atom stereocenters. The Kier molecular flexibility index (Phi) is 3.36. The highest BCUT2D eigenvalue weighted by Gasteiger charge is 2.08. The predicted molar refractivity (Wildman–Crippen MR) is 77.0 cm³/mol. The minimum atomic E-state index is 0.267. The van der Waals surface area contributed by atoms with E-state index in [1.807, 2.05) is 11.6 Å². The van der Waals surface area contributed by atoms with E-state index >= 15 is 0 Å². The van der Waals surface area contributed by atoms with Gasteiger partial charge in [0.1, 0.15) is 5.01 Å². The Morgan fingerprint density at radius 3 is 3.00 bits per heavy atom. The van der Waals surface area contributed by atoms with Gasteiger partial charge in [0, 0.05) is 18.0 Å². The van der Waals surface area contributed by atoms with E-state index in [0.717, 1.165) is 22.8 Å².